The Labute approximate surface area is 117 Å². The van der Waals surface area contributed by atoms with E-state index in [1.54, 1.807) is 12.4 Å². The van der Waals surface area contributed by atoms with E-state index < -0.39 is 6.10 Å². The molecule has 1 atom stereocenters. The Morgan fingerprint density at radius 2 is 1.65 bits per heavy atom. The average Bonchev–Trinajstić information content (AvgIpc) is 2.29. The van der Waals surface area contributed by atoms with Crippen molar-refractivity contribution in [1.29, 1.82) is 0 Å². The zero-order valence-electron chi connectivity index (χ0n) is 8.98. The van der Waals surface area contributed by atoms with Gasteiger partial charge in [-0.3, -0.25) is 4.98 Å². The fraction of sp³-hybridized carbons (Fsp3) is 0.154. The molecule has 0 saturated heterocycles. The molecule has 0 radical (unpaired) electrons. The van der Waals surface area contributed by atoms with Gasteiger partial charge in [0.25, 0.3) is 0 Å². The van der Waals surface area contributed by atoms with Crippen LogP contribution < -0.4 is 0 Å². The quantitative estimate of drug-likeness (QED) is 0.905. The molecule has 0 bridgehead atoms. The third-order valence-electron chi connectivity index (χ3n) is 2.45. The second-order valence-corrected chi connectivity index (χ2v) is 5.61. The Kier molecular flexibility index (Phi) is 4.31. The Bertz CT molecular complexity index is 482. The molecule has 0 aliphatic carbocycles. The van der Waals surface area contributed by atoms with Crippen LogP contribution in [-0.4, -0.2) is 10.1 Å². The molecule has 1 N–H and O–H groups in total. The fourth-order valence-corrected chi connectivity index (χ4v) is 2.96. The van der Waals surface area contributed by atoms with Crippen molar-refractivity contribution in [2.24, 2.45) is 0 Å². The summed E-state index contributed by atoms with van der Waals surface area (Å²) in [7, 11) is 0. The molecule has 0 aliphatic rings. The molecule has 2 nitrogen and oxygen atoms in total. The van der Waals surface area contributed by atoms with Crippen molar-refractivity contribution in [1.82, 2.24) is 4.98 Å². The fourth-order valence-electron chi connectivity index (χ4n) is 1.63. The Hall–Kier alpha value is -0.710. The van der Waals surface area contributed by atoms with Crippen LogP contribution in [-0.2, 0) is 6.42 Å². The first-order chi connectivity index (χ1) is 8.15. The third-order valence-corrected chi connectivity index (χ3v) is 3.36. The van der Waals surface area contributed by atoms with E-state index in [0.29, 0.717) is 6.42 Å². The van der Waals surface area contributed by atoms with Crippen molar-refractivity contribution < 1.29 is 5.11 Å². The number of hydrogen-bond acceptors (Lipinski definition) is 2. The molecule has 1 aromatic heterocycles. The molecule has 1 unspecified atom stereocenters. The highest BCUT2D eigenvalue weighted by molar-refractivity contribution is 9.11. The van der Waals surface area contributed by atoms with E-state index in [2.05, 4.69) is 36.8 Å². The summed E-state index contributed by atoms with van der Waals surface area (Å²) in [5, 5.41) is 10.2. The lowest BCUT2D eigenvalue weighted by molar-refractivity contribution is 0.178. The number of rotatable bonds is 3. The molecule has 1 aromatic carbocycles. The maximum Gasteiger partial charge on any atom is 0.0831 e. The van der Waals surface area contributed by atoms with Crippen molar-refractivity contribution in [3.8, 4) is 0 Å². The van der Waals surface area contributed by atoms with Crippen LogP contribution in [0.2, 0.25) is 0 Å². The van der Waals surface area contributed by atoms with Crippen molar-refractivity contribution in [3.05, 3.63) is 62.8 Å². The summed E-state index contributed by atoms with van der Waals surface area (Å²) >= 11 is 6.83. The van der Waals surface area contributed by atoms with Gasteiger partial charge in [-0.15, -0.1) is 0 Å². The lowest BCUT2D eigenvalue weighted by Crippen LogP contribution is -2.02. The SMILES string of the molecule is OC(Cc1ccncc1)c1cc(Br)cc(Br)c1. The van der Waals surface area contributed by atoms with Crippen LogP contribution in [0.1, 0.15) is 17.2 Å². The highest BCUT2D eigenvalue weighted by Gasteiger charge is 2.10. The Morgan fingerprint density at radius 3 is 2.24 bits per heavy atom. The predicted molar refractivity (Wildman–Crippen MR) is 74.7 cm³/mol. The number of benzene rings is 1. The lowest BCUT2D eigenvalue weighted by Gasteiger charge is -2.12. The summed E-state index contributed by atoms with van der Waals surface area (Å²) in [6, 6.07) is 9.63. The zero-order chi connectivity index (χ0) is 12.3. The van der Waals surface area contributed by atoms with Gasteiger partial charge in [-0.2, -0.15) is 0 Å². The van der Waals surface area contributed by atoms with E-state index in [4.69, 9.17) is 0 Å². The third kappa shape index (κ3) is 3.63. The smallest absolute Gasteiger partial charge is 0.0831 e. The summed E-state index contributed by atoms with van der Waals surface area (Å²) in [5.41, 5.74) is 1.96. The van der Waals surface area contributed by atoms with Gasteiger partial charge in [0.2, 0.25) is 0 Å². The molecule has 2 aromatic rings. The Morgan fingerprint density at radius 1 is 1.06 bits per heavy atom. The molecular formula is C13H11Br2NO. The topological polar surface area (TPSA) is 33.1 Å². The minimum Gasteiger partial charge on any atom is -0.388 e. The molecule has 0 amide bonds. The molecule has 4 heteroatoms. The average molecular weight is 357 g/mol. The van der Waals surface area contributed by atoms with Gasteiger partial charge in [-0.05, 0) is 41.5 Å². The van der Waals surface area contributed by atoms with E-state index in [9.17, 15) is 5.11 Å². The highest BCUT2D eigenvalue weighted by Crippen LogP contribution is 2.26. The van der Waals surface area contributed by atoms with Gasteiger partial charge in [0.15, 0.2) is 0 Å². The second kappa shape index (κ2) is 5.76. The number of hydrogen-bond donors (Lipinski definition) is 1. The van der Waals surface area contributed by atoms with E-state index in [-0.39, 0.29) is 0 Å². The summed E-state index contributed by atoms with van der Waals surface area (Å²) in [6.45, 7) is 0. The molecule has 0 saturated carbocycles. The van der Waals surface area contributed by atoms with Gasteiger partial charge in [-0.1, -0.05) is 31.9 Å². The largest absolute Gasteiger partial charge is 0.388 e. The van der Waals surface area contributed by atoms with E-state index in [1.165, 1.54) is 0 Å². The monoisotopic (exact) mass is 355 g/mol. The van der Waals surface area contributed by atoms with Crippen molar-refractivity contribution >= 4 is 31.9 Å². The van der Waals surface area contributed by atoms with Gasteiger partial charge in [0.1, 0.15) is 0 Å². The van der Waals surface area contributed by atoms with E-state index in [1.807, 2.05) is 30.3 Å². The first-order valence-corrected chi connectivity index (χ1v) is 6.77. The van der Waals surface area contributed by atoms with Crippen LogP contribution in [0.5, 0.6) is 0 Å². The maximum atomic E-state index is 10.2. The zero-order valence-corrected chi connectivity index (χ0v) is 12.1. The van der Waals surface area contributed by atoms with Crippen LogP contribution in [0.15, 0.2) is 51.7 Å². The first kappa shape index (κ1) is 12.7. The number of aliphatic hydroxyl groups is 1. The first-order valence-electron chi connectivity index (χ1n) is 5.18. The molecule has 0 aliphatic heterocycles. The molecule has 88 valence electrons. The standard InChI is InChI=1S/C13H11Br2NO/c14-11-6-10(7-12(15)8-11)13(17)5-9-1-3-16-4-2-9/h1-4,6-8,13,17H,5H2. The minimum atomic E-state index is -0.508. The van der Waals surface area contributed by atoms with Gasteiger partial charge >= 0.3 is 0 Å². The number of aromatic nitrogens is 1. The molecule has 1 heterocycles. The number of nitrogens with zero attached hydrogens (tertiary/aromatic N) is 1. The van der Waals surface area contributed by atoms with Gasteiger partial charge < -0.3 is 5.11 Å². The van der Waals surface area contributed by atoms with Crippen LogP contribution in [0, 0.1) is 0 Å². The second-order valence-electron chi connectivity index (χ2n) is 3.78. The lowest BCUT2D eigenvalue weighted by atomic mass is 10.0. The van der Waals surface area contributed by atoms with Crippen LogP contribution in [0.4, 0.5) is 0 Å². The summed E-state index contributed by atoms with van der Waals surface area (Å²) < 4.78 is 1.91. The predicted octanol–water partition coefficient (Wildman–Crippen LogP) is 3.88. The van der Waals surface area contributed by atoms with E-state index >= 15 is 0 Å². The van der Waals surface area contributed by atoms with E-state index in [0.717, 1.165) is 20.1 Å². The van der Waals surface area contributed by atoms with Gasteiger partial charge in [-0.25, -0.2) is 0 Å². The molecule has 0 fully saturated rings. The molecule has 17 heavy (non-hydrogen) atoms. The summed E-state index contributed by atoms with van der Waals surface area (Å²) in [4.78, 5) is 3.96. The minimum absolute atomic E-state index is 0.508. The number of aliphatic hydroxyl groups excluding tert-OH is 1. The van der Waals surface area contributed by atoms with Crippen molar-refractivity contribution in [3.63, 3.8) is 0 Å². The van der Waals surface area contributed by atoms with Gasteiger partial charge in [0, 0.05) is 27.8 Å². The van der Waals surface area contributed by atoms with Gasteiger partial charge in [0.05, 0.1) is 6.10 Å². The summed E-state index contributed by atoms with van der Waals surface area (Å²) in [6.07, 6.45) is 3.55. The van der Waals surface area contributed by atoms with Crippen LogP contribution in [0.3, 0.4) is 0 Å². The van der Waals surface area contributed by atoms with Crippen molar-refractivity contribution in [2.75, 3.05) is 0 Å². The number of halogens is 2. The van der Waals surface area contributed by atoms with Crippen LogP contribution >= 0.6 is 31.9 Å². The van der Waals surface area contributed by atoms with Crippen molar-refractivity contribution in [2.45, 2.75) is 12.5 Å². The van der Waals surface area contributed by atoms with Crippen LogP contribution in [0.25, 0.3) is 0 Å². The summed E-state index contributed by atoms with van der Waals surface area (Å²) in [5.74, 6) is 0. The Balaban J connectivity index is 2.17. The molecular weight excluding hydrogens is 346 g/mol. The maximum absolute atomic E-state index is 10.2. The highest BCUT2D eigenvalue weighted by atomic mass is 79.9. The molecule has 2 rings (SSSR count). The molecule has 0 spiro atoms. The number of pyridine rings is 1. The normalized spacial score (nSPS) is 12.4.